The van der Waals surface area contributed by atoms with Crippen molar-refractivity contribution >= 4 is 17.9 Å². The Morgan fingerprint density at radius 1 is 0.960 bits per heavy atom. The molecule has 0 amide bonds. The molecule has 0 radical (unpaired) electrons. The smallest absolute Gasteiger partial charge is 0.303 e. The number of hydrogen-bond acceptors (Lipinski definition) is 10. The second-order valence-electron chi connectivity index (χ2n) is 5.60. The Morgan fingerprint density at radius 3 is 2.32 bits per heavy atom. The maximum absolute atomic E-state index is 11.6. The summed E-state index contributed by atoms with van der Waals surface area (Å²) in [7, 11) is 0. The van der Waals surface area contributed by atoms with Gasteiger partial charge in [0.1, 0.15) is 38.5 Å². The van der Waals surface area contributed by atoms with Gasteiger partial charge in [0.15, 0.2) is 12.2 Å². The Kier molecular flexibility index (Phi) is 7.12. The molecule has 0 bridgehead atoms. The molecule has 2 fully saturated rings. The summed E-state index contributed by atoms with van der Waals surface area (Å²) in [4.78, 5) is 34.1. The van der Waals surface area contributed by atoms with Crippen molar-refractivity contribution in [3.05, 3.63) is 0 Å². The predicted octanol–water partition coefficient (Wildman–Crippen LogP) is -0.473. The van der Waals surface area contributed by atoms with Crippen LogP contribution in [0.3, 0.4) is 0 Å². The largest absolute Gasteiger partial charge is 0.462 e. The van der Waals surface area contributed by atoms with Gasteiger partial charge in [0.2, 0.25) is 0 Å². The highest BCUT2D eigenvalue weighted by Gasteiger charge is 2.48. The zero-order valence-corrected chi connectivity index (χ0v) is 14.3. The number of carbonyl (C=O) groups is 3. The highest BCUT2D eigenvalue weighted by atomic mass is 16.8. The van der Waals surface area contributed by atoms with E-state index >= 15 is 0 Å². The Hall–Kier alpha value is -1.75. The molecule has 5 atom stereocenters. The van der Waals surface area contributed by atoms with E-state index < -0.39 is 48.4 Å². The second kappa shape index (κ2) is 9.09. The number of rotatable bonds is 6. The molecule has 0 unspecified atom stereocenters. The fourth-order valence-electron chi connectivity index (χ4n) is 2.68. The molecule has 0 aromatic carbocycles. The van der Waals surface area contributed by atoms with Crippen LogP contribution in [0.4, 0.5) is 0 Å². The molecule has 0 spiro atoms. The van der Waals surface area contributed by atoms with E-state index in [-0.39, 0.29) is 20.2 Å². The molecule has 25 heavy (non-hydrogen) atoms. The van der Waals surface area contributed by atoms with Gasteiger partial charge in [0.05, 0.1) is 6.61 Å². The van der Waals surface area contributed by atoms with E-state index in [4.69, 9.17) is 33.2 Å². The summed E-state index contributed by atoms with van der Waals surface area (Å²) in [5, 5.41) is 0. The maximum atomic E-state index is 11.6. The van der Waals surface area contributed by atoms with Crippen LogP contribution in [0.2, 0.25) is 0 Å². The van der Waals surface area contributed by atoms with Crippen molar-refractivity contribution < 1.29 is 47.5 Å². The summed E-state index contributed by atoms with van der Waals surface area (Å²) in [6.07, 6.45) is -3.90. The Labute approximate surface area is 144 Å². The molecule has 142 valence electrons. The molecule has 10 nitrogen and oxygen atoms in total. The lowest BCUT2D eigenvalue weighted by Gasteiger charge is -2.43. The van der Waals surface area contributed by atoms with Crippen LogP contribution in [0.25, 0.3) is 0 Å². The van der Waals surface area contributed by atoms with Gasteiger partial charge in [0.25, 0.3) is 0 Å². The van der Waals surface area contributed by atoms with Crippen molar-refractivity contribution in [2.75, 3.05) is 26.8 Å². The van der Waals surface area contributed by atoms with Crippen molar-refractivity contribution in [2.45, 2.75) is 51.3 Å². The number of ether oxygens (including phenoxy) is 7. The summed E-state index contributed by atoms with van der Waals surface area (Å²) in [6, 6.07) is 0. The lowest BCUT2D eigenvalue weighted by molar-refractivity contribution is -0.319. The number of esters is 3. The van der Waals surface area contributed by atoms with Gasteiger partial charge in [0, 0.05) is 20.8 Å². The van der Waals surface area contributed by atoms with E-state index in [1.807, 2.05) is 0 Å². The molecular formula is C15H22O10. The molecule has 0 aromatic heterocycles. The van der Waals surface area contributed by atoms with E-state index in [2.05, 4.69) is 0 Å². The molecular weight excluding hydrogens is 340 g/mol. The van der Waals surface area contributed by atoms with E-state index in [1.54, 1.807) is 0 Å². The molecule has 10 heteroatoms. The summed E-state index contributed by atoms with van der Waals surface area (Å²) < 4.78 is 37.2. The number of carbonyl (C=O) groups excluding carboxylic acids is 3. The minimum Gasteiger partial charge on any atom is -0.462 e. The molecule has 0 aliphatic carbocycles. The fraction of sp³-hybridized carbons (Fsp3) is 0.800. The van der Waals surface area contributed by atoms with E-state index in [0.29, 0.717) is 6.61 Å². The standard InChI is InChI=1S/C15H22O10/c1-8(16)20-5-12(24-9(2)17)14(25-10(3)18)15-13-11(21-7-23-15)4-19-6-22-13/h11-15H,4-7H2,1-3H3/t11-,12+,13+,14+,15+/m1/s1. The van der Waals surface area contributed by atoms with E-state index in [9.17, 15) is 14.4 Å². The zero-order valence-electron chi connectivity index (χ0n) is 14.3. The van der Waals surface area contributed by atoms with E-state index in [1.165, 1.54) is 20.8 Å². The second-order valence-corrected chi connectivity index (χ2v) is 5.60. The van der Waals surface area contributed by atoms with Crippen molar-refractivity contribution in [1.29, 1.82) is 0 Å². The van der Waals surface area contributed by atoms with Crippen molar-refractivity contribution in [3.8, 4) is 0 Å². The molecule has 0 aromatic rings. The minimum atomic E-state index is -1.06. The molecule has 2 aliphatic rings. The molecule has 2 rings (SSSR count). The van der Waals surface area contributed by atoms with Gasteiger partial charge in [-0.3, -0.25) is 14.4 Å². The highest BCUT2D eigenvalue weighted by molar-refractivity contribution is 5.68. The Balaban J connectivity index is 2.21. The highest BCUT2D eigenvalue weighted by Crippen LogP contribution is 2.27. The number of fused-ring (bicyclic) bond motifs is 1. The van der Waals surface area contributed by atoms with Crippen LogP contribution in [-0.2, 0) is 47.5 Å². The molecule has 2 heterocycles. The summed E-state index contributed by atoms with van der Waals surface area (Å²) >= 11 is 0. The quantitative estimate of drug-likeness (QED) is 0.453. The zero-order chi connectivity index (χ0) is 18.4. The van der Waals surface area contributed by atoms with Gasteiger partial charge in [-0.15, -0.1) is 0 Å². The molecule has 0 saturated carbocycles. The first-order chi connectivity index (χ1) is 11.9. The fourth-order valence-corrected chi connectivity index (χ4v) is 2.68. The molecule has 2 saturated heterocycles. The van der Waals surface area contributed by atoms with Gasteiger partial charge in [-0.05, 0) is 0 Å². The molecule has 2 aliphatic heterocycles. The topological polar surface area (TPSA) is 116 Å². The third-order valence-corrected chi connectivity index (χ3v) is 3.62. The van der Waals surface area contributed by atoms with Gasteiger partial charge < -0.3 is 33.2 Å². The van der Waals surface area contributed by atoms with Crippen LogP contribution >= 0.6 is 0 Å². The van der Waals surface area contributed by atoms with Crippen LogP contribution in [0.15, 0.2) is 0 Å². The Morgan fingerprint density at radius 2 is 1.68 bits per heavy atom. The first-order valence-corrected chi connectivity index (χ1v) is 7.79. The molecule has 0 N–H and O–H groups in total. The lowest BCUT2D eigenvalue weighted by atomic mass is 9.97. The average Bonchev–Trinajstić information content (AvgIpc) is 2.55. The van der Waals surface area contributed by atoms with Crippen molar-refractivity contribution in [1.82, 2.24) is 0 Å². The predicted molar refractivity (Wildman–Crippen MR) is 78.0 cm³/mol. The number of hydrogen-bond donors (Lipinski definition) is 0. The normalized spacial score (nSPS) is 28.2. The summed E-state index contributed by atoms with van der Waals surface area (Å²) in [5.41, 5.74) is 0. The van der Waals surface area contributed by atoms with Crippen LogP contribution < -0.4 is 0 Å². The minimum absolute atomic E-state index is 0.0271. The first kappa shape index (κ1) is 19.6. The summed E-state index contributed by atoms with van der Waals surface area (Å²) in [6.45, 7) is 3.58. The summed E-state index contributed by atoms with van der Waals surface area (Å²) in [5.74, 6) is -1.79. The monoisotopic (exact) mass is 362 g/mol. The van der Waals surface area contributed by atoms with Gasteiger partial charge in [-0.2, -0.15) is 0 Å². The van der Waals surface area contributed by atoms with Gasteiger partial charge >= 0.3 is 17.9 Å². The van der Waals surface area contributed by atoms with Gasteiger partial charge in [-0.25, -0.2) is 0 Å². The van der Waals surface area contributed by atoms with Crippen LogP contribution in [0.1, 0.15) is 20.8 Å². The maximum Gasteiger partial charge on any atom is 0.303 e. The van der Waals surface area contributed by atoms with Crippen LogP contribution in [0, 0.1) is 0 Å². The van der Waals surface area contributed by atoms with Gasteiger partial charge in [-0.1, -0.05) is 0 Å². The third-order valence-electron chi connectivity index (χ3n) is 3.62. The lowest BCUT2D eigenvalue weighted by Crippen LogP contribution is -2.60. The third kappa shape index (κ3) is 5.63. The van der Waals surface area contributed by atoms with Crippen LogP contribution in [-0.4, -0.2) is 75.2 Å². The van der Waals surface area contributed by atoms with Crippen molar-refractivity contribution in [3.63, 3.8) is 0 Å². The SMILES string of the molecule is CC(=O)OC[C@H](OC(C)=O)[C@H](OC(C)=O)[C@H]1OCO[C@@H]2COCO[C@H]12. The first-order valence-electron chi connectivity index (χ1n) is 7.79. The Bertz CT molecular complexity index is 491. The van der Waals surface area contributed by atoms with Crippen molar-refractivity contribution in [2.24, 2.45) is 0 Å². The van der Waals surface area contributed by atoms with Crippen LogP contribution in [0.5, 0.6) is 0 Å². The average molecular weight is 362 g/mol. The van der Waals surface area contributed by atoms with E-state index in [0.717, 1.165) is 0 Å².